The first kappa shape index (κ1) is 18.9. The predicted molar refractivity (Wildman–Crippen MR) is 104 cm³/mol. The van der Waals surface area contributed by atoms with Crippen LogP contribution in [-0.4, -0.2) is 62.1 Å². The molecule has 0 spiro atoms. The molecule has 6 heteroatoms. The minimum atomic E-state index is -0.596. The van der Waals surface area contributed by atoms with Gasteiger partial charge in [0.1, 0.15) is 0 Å². The molecule has 4 rings (SSSR count). The first-order valence-corrected chi connectivity index (χ1v) is 10.7. The number of amides is 1. The number of aromatic nitrogens is 2. The second kappa shape index (κ2) is 7.55. The van der Waals surface area contributed by atoms with Crippen LogP contribution in [-0.2, 0) is 11.3 Å². The van der Waals surface area contributed by atoms with Crippen LogP contribution >= 0.6 is 0 Å². The number of likely N-dealkylation sites (tertiary alicyclic amines) is 2. The van der Waals surface area contributed by atoms with Gasteiger partial charge in [0.15, 0.2) is 0 Å². The van der Waals surface area contributed by atoms with Gasteiger partial charge in [0.2, 0.25) is 5.91 Å². The average molecular weight is 375 g/mol. The second-order valence-corrected chi connectivity index (χ2v) is 9.19. The van der Waals surface area contributed by atoms with E-state index in [-0.39, 0.29) is 11.8 Å². The van der Waals surface area contributed by atoms with Gasteiger partial charge in [-0.25, -0.2) is 4.98 Å². The third-order valence-electron chi connectivity index (χ3n) is 7.06. The topological polar surface area (TPSA) is 61.6 Å². The number of piperidine rings is 2. The molecule has 1 amide bonds. The molecule has 0 aromatic carbocycles. The van der Waals surface area contributed by atoms with Crippen LogP contribution in [0.4, 0.5) is 0 Å². The molecule has 1 aromatic heterocycles. The molecular formula is C21H34N4O2. The molecule has 1 saturated carbocycles. The van der Waals surface area contributed by atoms with Gasteiger partial charge in [0.05, 0.1) is 17.6 Å². The van der Waals surface area contributed by atoms with Gasteiger partial charge in [-0.3, -0.25) is 9.69 Å². The van der Waals surface area contributed by atoms with E-state index in [2.05, 4.69) is 33.2 Å². The van der Waals surface area contributed by atoms with Gasteiger partial charge in [-0.2, -0.15) is 0 Å². The molecule has 2 aliphatic heterocycles. The van der Waals surface area contributed by atoms with E-state index in [0.29, 0.717) is 18.5 Å². The Balaban J connectivity index is 1.41. The molecule has 0 radical (unpaired) electrons. The highest BCUT2D eigenvalue weighted by atomic mass is 16.3. The van der Waals surface area contributed by atoms with Crippen molar-refractivity contribution in [1.29, 1.82) is 0 Å². The van der Waals surface area contributed by atoms with Crippen molar-refractivity contribution < 1.29 is 9.90 Å². The van der Waals surface area contributed by atoms with Crippen molar-refractivity contribution in [1.82, 2.24) is 19.4 Å². The zero-order chi connectivity index (χ0) is 19.0. The van der Waals surface area contributed by atoms with Gasteiger partial charge in [-0.1, -0.05) is 12.8 Å². The molecule has 150 valence electrons. The molecule has 1 N–H and O–H groups in total. The normalized spacial score (nSPS) is 30.1. The Morgan fingerprint density at radius 2 is 2.00 bits per heavy atom. The lowest BCUT2D eigenvalue weighted by Gasteiger charge is -2.50. The zero-order valence-corrected chi connectivity index (χ0v) is 16.8. The molecule has 6 nitrogen and oxygen atoms in total. The molecule has 0 bridgehead atoms. The van der Waals surface area contributed by atoms with E-state index in [0.717, 1.165) is 51.9 Å². The highest BCUT2D eigenvalue weighted by Crippen LogP contribution is 2.37. The van der Waals surface area contributed by atoms with Gasteiger partial charge in [-0.15, -0.1) is 0 Å². The summed E-state index contributed by atoms with van der Waals surface area (Å²) in [6, 6.07) is 0.401. The Morgan fingerprint density at radius 1 is 1.26 bits per heavy atom. The summed E-state index contributed by atoms with van der Waals surface area (Å²) < 4.78 is 2.22. The van der Waals surface area contributed by atoms with E-state index in [1.165, 1.54) is 18.5 Å². The van der Waals surface area contributed by atoms with Crippen molar-refractivity contribution in [3.8, 4) is 0 Å². The fraction of sp³-hybridized carbons (Fsp3) is 0.810. The van der Waals surface area contributed by atoms with E-state index < -0.39 is 5.60 Å². The Morgan fingerprint density at radius 3 is 2.74 bits per heavy atom. The fourth-order valence-corrected chi connectivity index (χ4v) is 5.29. The average Bonchev–Trinajstić information content (AvgIpc) is 3.33. The lowest BCUT2D eigenvalue weighted by molar-refractivity contribution is -0.150. The van der Waals surface area contributed by atoms with Gasteiger partial charge < -0.3 is 14.6 Å². The fourth-order valence-electron chi connectivity index (χ4n) is 5.29. The Hall–Kier alpha value is -1.40. The van der Waals surface area contributed by atoms with Gasteiger partial charge >= 0.3 is 0 Å². The van der Waals surface area contributed by atoms with Crippen molar-refractivity contribution in [2.75, 3.05) is 26.2 Å². The summed E-state index contributed by atoms with van der Waals surface area (Å²) in [5.74, 6) is 0.724. The lowest BCUT2D eigenvalue weighted by atomic mass is 9.75. The summed E-state index contributed by atoms with van der Waals surface area (Å²) in [6.07, 6.45) is 9.88. The maximum atomic E-state index is 12.9. The molecule has 2 saturated heterocycles. The number of aliphatic hydroxyl groups is 1. The van der Waals surface area contributed by atoms with Crippen LogP contribution in [0, 0.1) is 11.8 Å². The summed E-state index contributed by atoms with van der Waals surface area (Å²) in [6.45, 7) is 8.41. The van der Waals surface area contributed by atoms with E-state index in [9.17, 15) is 9.90 Å². The van der Waals surface area contributed by atoms with Crippen molar-refractivity contribution in [2.45, 2.75) is 70.6 Å². The zero-order valence-electron chi connectivity index (χ0n) is 16.8. The molecule has 1 aromatic rings. The maximum absolute atomic E-state index is 12.9. The lowest BCUT2D eigenvalue weighted by Crippen LogP contribution is -2.61. The number of hydrogen-bond donors (Lipinski definition) is 1. The molecule has 2 atom stereocenters. The van der Waals surface area contributed by atoms with Crippen molar-refractivity contribution in [3.63, 3.8) is 0 Å². The van der Waals surface area contributed by atoms with E-state index in [1.54, 1.807) is 0 Å². The van der Waals surface area contributed by atoms with Crippen LogP contribution < -0.4 is 0 Å². The predicted octanol–water partition coefficient (Wildman–Crippen LogP) is 2.44. The van der Waals surface area contributed by atoms with E-state index >= 15 is 0 Å². The number of fused-ring (bicyclic) bond motifs is 1. The minimum absolute atomic E-state index is 0.153. The van der Waals surface area contributed by atoms with Crippen molar-refractivity contribution in [2.24, 2.45) is 11.8 Å². The quantitative estimate of drug-likeness (QED) is 0.879. The Kier molecular flexibility index (Phi) is 5.30. The minimum Gasteiger partial charge on any atom is -0.389 e. The third kappa shape index (κ3) is 3.79. The smallest absolute Gasteiger partial charge is 0.225 e. The molecule has 0 unspecified atom stereocenters. The number of carbonyl (C=O) groups excluding carboxylic acids is 1. The van der Waals surface area contributed by atoms with Gasteiger partial charge in [0, 0.05) is 56.8 Å². The molecular weight excluding hydrogens is 340 g/mol. The Bertz CT molecular complexity index is 667. The van der Waals surface area contributed by atoms with Crippen LogP contribution in [0.2, 0.25) is 0 Å². The molecule has 3 fully saturated rings. The summed E-state index contributed by atoms with van der Waals surface area (Å²) in [5, 5.41) is 11.2. The largest absolute Gasteiger partial charge is 0.389 e. The third-order valence-corrected chi connectivity index (χ3v) is 7.06. The summed E-state index contributed by atoms with van der Waals surface area (Å²) in [5.41, 5.74) is 0.631. The molecule has 1 aliphatic carbocycles. The van der Waals surface area contributed by atoms with E-state index in [4.69, 9.17) is 0 Å². The summed E-state index contributed by atoms with van der Waals surface area (Å²) >= 11 is 0. The first-order valence-electron chi connectivity index (χ1n) is 10.7. The second-order valence-electron chi connectivity index (χ2n) is 9.19. The monoisotopic (exact) mass is 374 g/mol. The summed E-state index contributed by atoms with van der Waals surface area (Å²) in [7, 11) is 0. The summed E-state index contributed by atoms with van der Waals surface area (Å²) in [4.78, 5) is 21.7. The highest BCUT2D eigenvalue weighted by molar-refractivity contribution is 5.79. The molecule has 3 aliphatic rings. The van der Waals surface area contributed by atoms with Gasteiger partial charge in [-0.05, 0) is 39.5 Å². The number of hydrogen-bond acceptors (Lipinski definition) is 4. The maximum Gasteiger partial charge on any atom is 0.225 e. The van der Waals surface area contributed by atoms with Crippen LogP contribution in [0.1, 0.15) is 64.1 Å². The number of imidazole rings is 1. The van der Waals surface area contributed by atoms with Crippen LogP contribution in [0.25, 0.3) is 0 Å². The first-order chi connectivity index (χ1) is 13.0. The van der Waals surface area contributed by atoms with Crippen LogP contribution in [0.5, 0.6) is 0 Å². The van der Waals surface area contributed by atoms with Crippen LogP contribution in [0.3, 0.4) is 0 Å². The van der Waals surface area contributed by atoms with Crippen molar-refractivity contribution >= 4 is 5.91 Å². The SMILES string of the molecule is CC(C)n1cncc1CN1CC[C@@]2(O)CCN(C(=O)C3CCCC3)C[C@H]2C1. The number of carbonyl (C=O) groups is 1. The molecule has 3 heterocycles. The van der Waals surface area contributed by atoms with E-state index in [1.807, 2.05) is 12.5 Å². The number of nitrogens with zero attached hydrogens (tertiary/aromatic N) is 4. The Labute approximate surface area is 162 Å². The standard InChI is InChI=1S/C21H34N4O2/c1-16(2)25-15-22-11-19(25)14-23-9-7-21(27)8-10-24(13-18(21)12-23)20(26)17-5-3-4-6-17/h11,15-18,27H,3-10,12-14H2,1-2H3/t18-,21-/m1/s1. The highest BCUT2D eigenvalue weighted by Gasteiger charge is 2.46. The van der Waals surface area contributed by atoms with Crippen LogP contribution in [0.15, 0.2) is 12.5 Å². The molecule has 27 heavy (non-hydrogen) atoms. The van der Waals surface area contributed by atoms with Crippen molar-refractivity contribution in [3.05, 3.63) is 18.2 Å². The van der Waals surface area contributed by atoms with Gasteiger partial charge in [0.25, 0.3) is 0 Å². The number of rotatable bonds is 4.